The molecule has 1 saturated heterocycles. The number of carboxylic acids is 1. The van der Waals surface area contributed by atoms with E-state index in [0.717, 1.165) is 11.8 Å². The van der Waals surface area contributed by atoms with E-state index >= 15 is 0 Å². The van der Waals surface area contributed by atoms with Gasteiger partial charge in [0.2, 0.25) is 0 Å². The number of carbonyl (C=O) groups excluding carboxylic acids is 2. The molecule has 1 aromatic heterocycles. The van der Waals surface area contributed by atoms with Crippen molar-refractivity contribution in [2.75, 3.05) is 4.90 Å². The van der Waals surface area contributed by atoms with Gasteiger partial charge in [0.15, 0.2) is 4.32 Å². The monoisotopic (exact) mass is 424 g/mol. The number of thiocarbonyl (C=S) groups is 1. The second kappa shape index (κ2) is 7.65. The zero-order valence-electron chi connectivity index (χ0n) is 14.6. The Morgan fingerprint density at radius 3 is 2.41 bits per heavy atom. The maximum atomic E-state index is 13.1. The SMILES string of the molecule is O=C([O-])c1ccc(-c2ccc(/C=C3\SC(=S)N(c4ccc(F)cc4)C3=O)o2)cc1. The lowest BCUT2D eigenvalue weighted by Gasteiger charge is -2.14. The summed E-state index contributed by atoms with van der Waals surface area (Å²) in [5.41, 5.74) is 1.25. The van der Waals surface area contributed by atoms with Gasteiger partial charge in [0.25, 0.3) is 5.91 Å². The summed E-state index contributed by atoms with van der Waals surface area (Å²) in [6, 6.07) is 15.0. The summed E-state index contributed by atoms with van der Waals surface area (Å²) < 4.78 is 19.2. The number of anilines is 1. The third-order valence-electron chi connectivity index (χ3n) is 4.18. The predicted molar refractivity (Wildman–Crippen MR) is 111 cm³/mol. The van der Waals surface area contributed by atoms with Gasteiger partial charge in [0.05, 0.1) is 16.6 Å². The highest BCUT2D eigenvalue weighted by atomic mass is 32.2. The standard InChI is InChI=1S/C21H12FNO4S2/c22-14-5-7-15(8-6-14)23-19(24)18(29-21(23)28)11-16-9-10-17(27-16)12-1-3-13(4-2-12)20(25)26/h1-11H,(H,25,26)/p-1/b18-11-. The molecule has 8 heteroatoms. The summed E-state index contributed by atoms with van der Waals surface area (Å²) in [6.45, 7) is 0. The fourth-order valence-corrected chi connectivity index (χ4v) is 4.04. The fraction of sp³-hybridized carbons (Fsp3) is 0. The first-order valence-electron chi connectivity index (χ1n) is 8.37. The number of halogens is 1. The Hall–Kier alpha value is -3.23. The molecule has 5 nitrogen and oxygen atoms in total. The van der Waals surface area contributed by atoms with E-state index in [9.17, 15) is 19.1 Å². The van der Waals surface area contributed by atoms with Gasteiger partial charge < -0.3 is 14.3 Å². The number of amides is 1. The van der Waals surface area contributed by atoms with Gasteiger partial charge in [-0.1, -0.05) is 48.2 Å². The van der Waals surface area contributed by atoms with Crippen LogP contribution in [0.3, 0.4) is 0 Å². The zero-order chi connectivity index (χ0) is 20.5. The second-order valence-corrected chi connectivity index (χ2v) is 7.74. The maximum Gasteiger partial charge on any atom is 0.270 e. The summed E-state index contributed by atoms with van der Waals surface area (Å²) >= 11 is 6.42. The van der Waals surface area contributed by atoms with Gasteiger partial charge in [-0.05, 0) is 42.0 Å². The molecule has 0 aliphatic carbocycles. The normalized spacial score (nSPS) is 15.3. The quantitative estimate of drug-likeness (QED) is 0.468. The van der Waals surface area contributed by atoms with Gasteiger partial charge in [-0.3, -0.25) is 9.69 Å². The number of hydrogen-bond donors (Lipinski definition) is 0. The zero-order valence-corrected chi connectivity index (χ0v) is 16.3. The lowest BCUT2D eigenvalue weighted by atomic mass is 10.1. The number of hydrogen-bond acceptors (Lipinski definition) is 6. The topological polar surface area (TPSA) is 73.6 Å². The molecular formula is C21H11FNO4S2-. The van der Waals surface area contributed by atoms with Crippen LogP contribution >= 0.6 is 24.0 Å². The third kappa shape index (κ3) is 3.85. The number of rotatable bonds is 4. The number of carbonyl (C=O) groups is 2. The van der Waals surface area contributed by atoms with Crippen LogP contribution in [0.25, 0.3) is 17.4 Å². The van der Waals surface area contributed by atoms with E-state index in [0.29, 0.717) is 32.0 Å². The molecule has 1 aliphatic rings. The van der Waals surface area contributed by atoms with E-state index in [4.69, 9.17) is 16.6 Å². The first-order chi connectivity index (χ1) is 13.9. The highest BCUT2D eigenvalue weighted by Crippen LogP contribution is 2.36. The van der Waals surface area contributed by atoms with Crippen LogP contribution in [0.4, 0.5) is 10.1 Å². The molecule has 0 bridgehead atoms. The second-order valence-electron chi connectivity index (χ2n) is 6.06. The van der Waals surface area contributed by atoms with Crippen molar-refractivity contribution in [2.45, 2.75) is 0 Å². The third-order valence-corrected chi connectivity index (χ3v) is 5.49. The number of furan rings is 1. The van der Waals surface area contributed by atoms with Crippen LogP contribution in [0.5, 0.6) is 0 Å². The molecule has 2 aromatic carbocycles. The molecule has 0 unspecified atom stereocenters. The Morgan fingerprint density at radius 1 is 1.07 bits per heavy atom. The Bertz CT molecular complexity index is 1150. The van der Waals surface area contributed by atoms with Gasteiger partial charge in [0.1, 0.15) is 17.3 Å². The van der Waals surface area contributed by atoms with Crippen LogP contribution in [-0.4, -0.2) is 16.2 Å². The van der Waals surface area contributed by atoms with Crippen molar-refractivity contribution in [1.29, 1.82) is 0 Å². The smallest absolute Gasteiger partial charge is 0.270 e. The average molecular weight is 424 g/mol. The molecule has 0 saturated carbocycles. The first-order valence-corrected chi connectivity index (χ1v) is 9.60. The van der Waals surface area contributed by atoms with Gasteiger partial charge in [-0.25, -0.2) is 4.39 Å². The first kappa shape index (κ1) is 19.1. The molecule has 1 fully saturated rings. The van der Waals surface area contributed by atoms with Crippen molar-refractivity contribution < 1.29 is 23.5 Å². The number of thioether (sulfide) groups is 1. The van der Waals surface area contributed by atoms with Crippen molar-refractivity contribution in [3.63, 3.8) is 0 Å². The van der Waals surface area contributed by atoms with Crippen LogP contribution in [0, 0.1) is 5.82 Å². The van der Waals surface area contributed by atoms with E-state index in [-0.39, 0.29) is 11.5 Å². The van der Waals surface area contributed by atoms with E-state index in [1.54, 1.807) is 30.3 Å². The molecule has 3 aromatic rings. The van der Waals surface area contributed by atoms with Gasteiger partial charge in [-0.2, -0.15) is 0 Å². The van der Waals surface area contributed by atoms with Crippen LogP contribution in [0.1, 0.15) is 16.1 Å². The number of aromatic carboxylic acids is 1. The van der Waals surface area contributed by atoms with E-state index in [1.165, 1.54) is 41.3 Å². The minimum absolute atomic E-state index is 0.0741. The molecule has 0 spiro atoms. The number of nitrogens with zero attached hydrogens (tertiary/aromatic N) is 1. The average Bonchev–Trinajstić information content (AvgIpc) is 3.28. The minimum Gasteiger partial charge on any atom is -0.545 e. The largest absolute Gasteiger partial charge is 0.545 e. The predicted octanol–water partition coefficient (Wildman–Crippen LogP) is 3.86. The summed E-state index contributed by atoms with van der Waals surface area (Å²) in [4.78, 5) is 25.3. The Balaban J connectivity index is 1.57. The molecule has 0 atom stereocenters. The molecule has 29 heavy (non-hydrogen) atoms. The fourth-order valence-electron chi connectivity index (χ4n) is 2.77. The van der Waals surface area contributed by atoms with Crippen LogP contribution in [-0.2, 0) is 4.79 Å². The molecular weight excluding hydrogens is 413 g/mol. The van der Waals surface area contributed by atoms with Crippen molar-refractivity contribution in [3.05, 3.63) is 82.7 Å². The van der Waals surface area contributed by atoms with Crippen molar-refractivity contribution in [3.8, 4) is 11.3 Å². The summed E-state index contributed by atoms with van der Waals surface area (Å²) in [5.74, 6) is -0.994. The highest BCUT2D eigenvalue weighted by molar-refractivity contribution is 8.27. The minimum atomic E-state index is -1.25. The number of benzene rings is 2. The van der Waals surface area contributed by atoms with Crippen molar-refractivity contribution in [1.82, 2.24) is 0 Å². The summed E-state index contributed by atoms with van der Waals surface area (Å²) in [5, 5.41) is 10.8. The maximum absolute atomic E-state index is 13.1. The molecule has 4 rings (SSSR count). The van der Waals surface area contributed by atoms with E-state index in [1.807, 2.05) is 0 Å². The Labute approximate surface area is 174 Å². The van der Waals surface area contributed by atoms with Gasteiger partial charge in [0, 0.05) is 11.6 Å². The lowest BCUT2D eigenvalue weighted by Crippen LogP contribution is -2.27. The van der Waals surface area contributed by atoms with Crippen LogP contribution < -0.4 is 10.0 Å². The molecule has 1 amide bonds. The van der Waals surface area contributed by atoms with Crippen molar-refractivity contribution in [2.24, 2.45) is 0 Å². The molecule has 1 aliphatic heterocycles. The lowest BCUT2D eigenvalue weighted by molar-refractivity contribution is -0.255. The van der Waals surface area contributed by atoms with E-state index in [2.05, 4.69) is 0 Å². The van der Waals surface area contributed by atoms with Crippen LogP contribution in [0.15, 0.2) is 70.0 Å². The molecule has 2 heterocycles. The summed E-state index contributed by atoms with van der Waals surface area (Å²) in [7, 11) is 0. The van der Waals surface area contributed by atoms with Crippen LogP contribution in [0.2, 0.25) is 0 Å². The van der Waals surface area contributed by atoms with Crippen molar-refractivity contribution >= 4 is 51.9 Å². The van der Waals surface area contributed by atoms with Gasteiger partial charge in [-0.15, -0.1) is 0 Å². The Morgan fingerprint density at radius 2 is 1.76 bits per heavy atom. The van der Waals surface area contributed by atoms with E-state index < -0.39 is 11.8 Å². The molecule has 144 valence electrons. The molecule has 0 N–H and O–H groups in total. The molecule has 0 radical (unpaired) electrons. The number of carboxylic acid groups (broad SMARTS) is 1. The summed E-state index contributed by atoms with van der Waals surface area (Å²) in [6.07, 6.45) is 1.59. The van der Waals surface area contributed by atoms with Gasteiger partial charge >= 0.3 is 0 Å². The Kier molecular flexibility index (Phi) is 5.04. The highest BCUT2D eigenvalue weighted by Gasteiger charge is 2.33.